The molecule has 0 bridgehead atoms. The Labute approximate surface area is 179 Å². The van der Waals surface area contributed by atoms with Gasteiger partial charge in [0.05, 0.1) is 0 Å². The lowest BCUT2D eigenvalue weighted by Crippen LogP contribution is -2.42. The van der Waals surface area contributed by atoms with Gasteiger partial charge in [-0.3, -0.25) is 4.99 Å². The lowest BCUT2D eigenvalue weighted by molar-refractivity contribution is 0.0187. The zero-order chi connectivity index (χ0) is 21.3. The van der Waals surface area contributed by atoms with E-state index in [0.29, 0.717) is 11.1 Å². The number of aliphatic imine (C=N–C) groups is 1. The maximum Gasteiger partial charge on any atom is 0.410 e. The molecule has 0 radical (unpaired) electrons. The number of hydrogen-bond donors (Lipinski definition) is 2. The Morgan fingerprint density at radius 3 is 2.62 bits per heavy atom. The van der Waals surface area contributed by atoms with Gasteiger partial charge in [0.1, 0.15) is 10.8 Å². The summed E-state index contributed by atoms with van der Waals surface area (Å²) >= 11 is 5.82. The average molecular weight is 424 g/mol. The minimum absolute atomic E-state index is 0.217. The SMILES string of the molecule is CCNC(=NCC1CCN(C(=O)OC(C)(C)C)CC1)NCCc1ccc(Cl)nc1. The van der Waals surface area contributed by atoms with E-state index in [1.54, 1.807) is 17.2 Å². The van der Waals surface area contributed by atoms with Crippen LogP contribution >= 0.6 is 11.6 Å². The summed E-state index contributed by atoms with van der Waals surface area (Å²) in [5.41, 5.74) is 0.680. The third-order valence-electron chi connectivity index (χ3n) is 4.61. The number of halogens is 1. The molecule has 8 heteroatoms. The van der Waals surface area contributed by atoms with Gasteiger partial charge in [-0.1, -0.05) is 17.7 Å². The molecule has 2 N–H and O–H groups in total. The van der Waals surface area contributed by atoms with Crippen LogP contribution in [-0.2, 0) is 11.2 Å². The van der Waals surface area contributed by atoms with Crippen LogP contribution in [0.25, 0.3) is 0 Å². The molecule has 0 aromatic carbocycles. The van der Waals surface area contributed by atoms with Gasteiger partial charge in [0.2, 0.25) is 0 Å². The van der Waals surface area contributed by atoms with Crippen molar-refractivity contribution in [1.82, 2.24) is 20.5 Å². The largest absolute Gasteiger partial charge is 0.444 e. The smallest absolute Gasteiger partial charge is 0.410 e. The van der Waals surface area contributed by atoms with Gasteiger partial charge < -0.3 is 20.3 Å². The van der Waals surface area contributed by atoms with Gasteiger partial charge in [-0.2, -0.15) is 0 Å². The highest BCUT2D eigenvalue weighted by Crippen LogP contribution is 2.20. The number of guanidine groups is 1. The average Bonchev–Trinajstić information content (AvgIpc) is 2.66. The molecule has 1 amide bonds. The lowest BCUT2D eigenvalue weighted by atomic mass is 9.97. The number of piperidine rings is 1. The van der Waals surface area contributed by atoms with Gasteiger partial charge in [-0.25, -0.2) is 9.78 Å². The molecule has 0 unspecified atom stereocenters. The van der Waals surface area contributed by atoms with Gasteiger partial charge in [-0.05, 0) is 64.5 Å². The summed E-state index contributed by atoms with van der Waals surface area (Å²) < 4.78 is 5.46. The van der Waals surface area contributed by atoms with Crippen LogP contribution in [0.4, 0.5) is 4.79 Å². The van der Waals surface area contributed by atoms with Gasteiger partial charge in [0.15, 0.2) is 5.96 Å². The predicted octanol–water partition coefficient (Wildman–Crippen LogP) is 3.48. The second-order valence-corrected chi connectivity index (χ2v) is 8.68. The van der Waals surface area contributed by atoms with Crippen LogP contribution in [0.1, 0.15) is 46.1 Å². The van der Waals surface area contributed by atoms with Crippen LogP contribution in [-0.4, -0.2) is 60.3 Å². The fourth-order valence-electron chi connectivity index (χ4n) is 3.07. The fraction of sp³-hybridized carbons (Fsp3) is 0.667. The minimum Gasteiger partial charge on any atom is -0.444 e. The number of rotatable bonds is 6. The van der Waals surface area contributed by atoms with E-state index in [1.807, 2.05) is 26.8 Å². The first-order chi connectivity index (χ1) is 13.8. The molecule has 1 aromatic heterocycles. The normalized spacial score (nSPS) is 15.9. The number of carbonyl (C=O) groups is 1. The summed E-state index contributed by atoms with van der Waals surface area (Å²) in [5.74, 6) is 1.30. The monoisotopic (exact) mass is 423 g/mol. The molecule has 7 nitrogen and oxygen atoms in total. The van der Waals surface area contributed by atoms with Crippen molar-refractivity contribution in [2.45, 2.75) is 52.6 Å². The van der Waals surface area contributed by atoms with Gasteiger partial charge in [-0.15, -0.1) is 0 Å². The number of carbonyl (C=O) groups excluding carboxylic acids is 1. The fourth-order valence-corrected chi connectivity index (χ4v) is 3.18. The van der Waals surface area contributed by atoms with Crippen molar-refractivity contribution in [1.29, 1.82) is 0 Å². The van der Waals surface area contributed by atoms with E-state index in [9.17, 15) is 4.79 Å². The third-order valence-corrected chi connectivity index (χ3v) is 4.84. The Hall–Kier alpha value is -2.02. The van der Waals surface area contributed by atoms with Gasteiger partial charge in [0, 0.05) is 38.9 Å². The van der Waals surface area contributed by atoms with Crippen molar-refractivity contribution < 1.29 is 9.53 Å². The Bertz CT molecular complexity index is 665. The van der Waals surface area contributed by atoms with E-state index < -0.39 is 5.60 Å². The number of ether oxygens (including phenoxy) is 1. The van der Waals surface area contributed by atoms with Crippen LogP contribution in [0, 0.1) is 5.92 Å². The van der Waals surface area contributed by atoms with Crippen molar-refractivity contribution in [2.24, 2.45) is 10.9 Å². The Balaban J connectivity index is 1.75. The van der Waals surface area contributed by atoms with Crippen molar-refractivity contribution in [3.63, 3.8) is 0 Å². The van der Waals surface area contributed by atoms with Crippen LogP contribution in [0.15, 0.2) is 23.3 Å². The van der Waals surface area contributed by atoms with Gasteiger partial charge in [0.25, 0.3) is 0 Å². The molecule has 2 rings (SSSR count). The van der Waals surface area contributed by atoms with Crippen molar-refractivity contribution in [2.75, 3.05) is 32.7 Å². The molecule has 2 heterocycles. The highest BCUT2D eigenvalue weighted by atomic mass is 35.5. The number of likely N-dealkylation sites (tertiary alicyclic amines) is 1. The molecule has 0 aliphatic carbocycles. The van der Waals surface area contributed by atoms with Crippen molar-refractivity contribution in [3.05, 3.63) is 29.0 Å². The van der Waals surface area contributed by atoms with Crippen molar-refractivity contribution in [3.8, 4) is 0 Å². The number of amides is 1. The first kappa shape index (κ1) is 23.3. The van der Waals surface area contributed by atoms with E-state index in [2.05, 4.69) is 22.5 Å². The number of nitrogens with one attached hydrogen (secondary N) is 2. The maximum atomic E-state index is 12.2. The van der Waals surface area contributed by atoms with Crippen LogP contribution < -0.4 is 10.6 Å². The maximum absolute atomic E-state index is 12.2. The molecule has 1 aromatic rings. The minimum atomic E-state index is -0.452. The molecule has 29 heavy (non-hydrogen) atoms. The molecular formula is C21H34ClN5O2. The summed E-state index contributed by atoms with van der Waals surface area (Å²) in [5, 5.41) is 7.17. The lowest BCUT2D eigenvalue weighted by Gasteiger charge is -2.33. The highest BCUT2D eigenvalue weighted by molar-refractivity contribution is 6.29. The Morgan fingerprint density at radius 1 is 1.31 bits per heavy atom. The molecule has 0 spiro atoms. The van der Waals surface area contributed by atoms with E-state index in [0.717, 1.165) is 63.5 Å². The Morgan fingerprint density at radius 2 is 2.03 bits per heavy atom. The summed E-state index contributed by atoms with van der Waals surface area (Å²) in [6.45, 7) is 11.5. The molecule has 1 aliphatic rings. The first-order valence-electron chi connectivity index (χ1n) is 10.4. The summed E-state index contributed by atoms with van der Waals surface area (Å²) in [7, 11) is 0. The number of aromatic nitrogens is 1. The summed E-state index contributed by atoms with van der Waals surface area (Å²) in [6.07, 6.45) is 4.32. The standard InChI is InChI=1S/C21H34ClN5O2/c1-5-23-19(24-11-8-16-6-7-18(22)25-14-16)26-15-17-9-12-27(13-10-17)20(28)29-21(2,3)4/h6-7,14,17H,5,8-13,15H2,1-4H3,(H2,23,24,26). The number of pyridine rings is 1. The van der Waals surface area contributed by atoms with Crippen LogP contribution in [0.5, 0.6) is 0 Å². The molecule has 1 saturated heterocycles. The van der Waals surface area contributed by atoms with Crippen LogP contribution in [0.2, 0.25) is 5.15 Å². The molecule has 162 valence electrons. The van der Waals surface area contributed by atoms with Gasteiger partial charge >= 0.3 is 6.09 Å². The second-order valence-electron chi connectivity index (χ2n) is 8.30. The van der Waals surface area contributed by atoms with Crippen LogP contribution in [0.3, 0.4) is 0 Å². The third kappa shape index (κ3) is 8.90. The highest BCUT2D eigenvalue weighted by Gasteiger charge is 2.26. The summed E-state index contributed by atoms with van der Waals surface area (Å²) in [6, 6.07) is 3.79. The topological polar surface area (TPSA) is 78.9 Å². The molecule has 0 saturated carbocycles. The number of hydrogen-bond acceptors (Lipinski definition) is 4. The number of nitrogens with zero attached hydrogens (tertiary/aromatic N) is 3. The quantitative estimate of drug-likeness (QED) is 0.416. The van der Waals surface area contributed by atoms with Crippen molar-refractivity contribution >= 4 is 23.7 Å². The summed E-state index contributed by atoms with van der Waals surface area (Å²) in [4.78, 5) is 22.8. The Kier molecular flexibility index (Phi) is 9.01. The van der Waals surface area contributed by atoms with E-state index in [4.69, 9.17) is 21.3 Å². The molecule has 1 aliphatic heterocycles. The zero-order valence-electron chi connectivity index (χ0n) is 18.0. The zero-order valence-corrected chi connectivity index (χ0v) is 18.8. The molecule has 0 atom stereocenters. The van der Waals surface area contributed by atoms with E-state index >= 15 is 0 Å². The first-order valence-corrected chi connectivity index (χ1v) is 10.7. The van der Waals surface area contributed by atoms with E-state index in [-0.39, 0.29) is 6.09 Å². The molecular weight excluding hydrogens is 390 g/mol. The van der Waals surface area contributed by atoms with E-state index in [1.165, 1.54) is 0 Å². The second kappa shape index (κ2) is 11.2. The predicted molar refractivity (Wildman–Crippen MR) is 117 cm³/mol. The molecule has 1 fully saturated rings.